The van der Waals surface area contributed by atoms with Gasteiger partial charge in [-0.25, -0.2) is 16.8 Å². The summed E-state index contributed by atoms with van der Waals surface area (Å²) >= 11 is 1.32. The van der Waals surface area contributed by atoms with Crippen molar-refractivity contribution in [2.24, 2.45) is 0 Å². The summed E-state index contributed by atoms with van der Waals surface area (Å²) in [7, 11) is -9.63. The largest absolute Gasteiger partial charge is 0.380 e. The molecule has 14 heteroatoms. The standard InChI is InChI=1S/C21H14F6O4S4/c1-7-5-9-15(32-7)13-11-12(20(24,25)21(26,27)19(11,22)23)14-16-10(6-8(2)33-16)35(30,31)18(14,4)17(13,3)34(9,28)29/h5-6H,1-4H3. The van der Waals surface area contributed by atoms with Crippen LogP contribution < -0.4 is 0 Å². The average molecular weight is 573 g/mol. The first-order valence-electron chi connectivity index (χ1n) is 10.1. The summed E-state index contributed by atoms with van der Waals surface area (Å²) < 4.78 is 142. The van der Waals surface area contributed by atoms with Gasteiger partial charge in [-0.15, -0.1) is 22.7 Å². The first-order chi connectivity index (χ1) is 15.7. The minimum Gasteiger partial charge on any atom is -0.223 e. The van der Waals surface area contributed by atoms with Crippen molar-refractivity contribution in [2.45, 2.75) is 64.7 Å². The maximum atomic E-state index is 15.4. The zero-order chi connectivity index (χ0) is 26.1. The van der Waals surface area contributed by atoms with Gasteiger partial charge in [0.05, 0.1) is 19.5 Å². The molecule has 0 N–H and O–H groups in total. The van der Waals surface area contributed by atoms with Crippen LogP contribution in [0.25, 0.3) is 11.1 Å². The molecule has 0 saturated heterocycles. The Morgan fingerprint density at radius 1 is 0.629 bits per heavy atom. The topological polar surface area (TPSA) is 68.3 Å². The van der Waals surface area contributed by atoms with Gasteiger partial charge in [-0.1, -0.05) is 0 Å². The lowest BCUT2D eigenvalue weighted by molar-refractivity contribution is -0.257. The molecule has 2 aromatic heterocycles. The molecule has 2 aliphatic carbocycles. The Bertz CT molecular complexity index is 1580. The van der Waals surface area contributed by atoms with E-state index >= 15 is 17.6 Å². The van der Waals surface area contributed by atoms with Crippen molar-refractivity contribution in [1.29, 1.82) is 0 Å². The Labute approximate surface area is 203 Å². The third-order valence-electron chi connectivity index (χ3n) is 7.78. The Morgan fingerprint density at radius 2 is 0.943 bits per heavy atom. The van der Waals surface area contributed by atoms with Crippen LogP contribution in [0.4, 0.5) is 26.3 Å². The number of hydrogen-bond donors (Lipinski definition) is 0. The molecule has 188 valence electrons. The van der Waals surface area contributed by atoms with Gasteiger partial charge in [0.25, 0.3) is 0 Å². The van der Waals surface area contributed by atoms with Crippen molar-refractivity contribution in [3.8, 4) is 0 Å². The summed E-state index contributed by atoms with van der Waals surface area (Å²) in [5, 5.41) is 0. The van der Waals surface area contributed by atoms with E-state index in [2.05, 4.69) is 0 Å². The number of sulfone groups is 2. The van der Waals surface area contributed by atoms with Crippen LogP contribution >= 0.6 is 22.7 Å². The average Bonchev–Trinajstić information content (AvgIpc) is 3.39. The van der Waals surface area contributed by atoms with Crippen LogP contribution in [0.2, 0.25) is 0 Å². The van der Waals surface area contributed by atoms with E-state index in [9.17, 15) is 25.6 Å². The van der Waals surface area contributed by atoms with Crippen molar-refractivity contribution < 1.29 is 43.2 Å². The molecule has 2 atom stereocenters. The molecule has 1 saturated carbocycles. The first-order valence-corrected chi connectivity index (χ1v) is 14.7. The lowest BCUT2D eigenvalue weighted by Crippen LogP contribution is -2.59. The highest BCUT2D eigenvalue weighted by Crippen LogP contribution is 2.76. The lowest BCUT2D eigenvalue weighted by Gasteiger charge is -2.45. The number of hydrogen-bond acceptors (Lipinski definition) is 6. The highest BCUT2D eigenvalue weighted by Gasteiger charge is 2.87. The van der Waals surface area contributed by atoms with E-state index in [0.29, 0.717) is 32.4 Å². The van der Waals surface area contributed by atoms with E-state index in [-0.39, 0.29) is 0 Å². The third kappa shape index (κ3) is 1.96. The number of alkyl halides is 6. The zero-order valence-electron chi connectivity index (χ0n) is 18.2. The molecule has 2 aliphatic heterocycles. The van der Waals surface area contributed by atoms with Crippen LogP contribution in [-0.4, -0.2) is 44.1 Å². The SMILES string of the molecule is Cc1cc2c(s1)C1=C3C(=C4c5sc(C)cc5S(=O)(=O)C4(C)C1(C)S2(=O)=O)C(F)(F)C(F)(F)C3(F)F. The third-order valence-corrected chi connectivity index (χ3v) is 15.5. The predicted molar refractivity (Wildman–Crippen MR) is 118 cm³/mol. The van der Waals surface area contributed by atoms with Crippen LogP contribution in [0.1, 0.15) is 33.4 Å². The maximum Gasteiger partial charge on any atom is 0.380 e. The zero-order valence-corrected chi connectivity index (χ0v) is 21.5. The Hall–Kier alpha value is -1.64. The summed E-state index contributed by atoms with van der Waals surface area (Å²) in [6.45, 7) is 4.62. The van der Waals surface area contributed by atoms with Crippen LogP contribution in [0, 0.1) is 13.8 Å². The second-order valence-corrected chi connectivity index (χ2v) is 16.4. The van der Waals surface area contributed by atoms with Crippen LogP contribution in [0.3, 0.4) is 0 Å². The maximum absolute atomic E-state index is 15.4. The second kappa shape index (κ2) is 5.76. The van der Waals surface area contributed by atoms with E-state index in [4.69, 9.17) is 0 Å². The fourth-order valence-electron chi connectivity index (χ4n) is 5.95. The van der Waals surface area contributed by atoms with Crippen molar-refractivity contribution in [3.63, 3.8) is 0 Å². The smallest absolute Gasteiger partial charge is 0.223 e. The van der Waals surface area contributed by atoms with Crippen molar-refractivity contribution in [3.05, 3.63) is 42.8 Å². The fourth-order valence-corrected chi connectivity index (χ4v) is 14.3. The van der Waals surface area contributed by atoms with Crippen LogP contribution in [0.5, 0.6) is 0 Å². The van der Waals surface area contributed by atoms with Gasteiger partial charge in [-0.3, -0.25) is 0 Å². The van der Waals surface area contributed by atoms with Gasteiger partial charge in [0, 0.05) is 32.0 Å². The molecule has 0 radical (unpaired) electrons. The minimum atomic E-state index is -5.92. The van der Waals surface area contributed by atoms with Crippen molar-refractivity contribution >= 4 is 53.5 Å². The highest BCUT2D eigenvalue weighted by molar-refractivity contribution is 7.98. The number of fused-ring (bicyclic) bond motifs is 8. The molecule has 0 bridgehead atoms. The quantitative estimate of drug-likeness (QED) is 0.382. The van der Waals surface area contributed by atoms with Gasteiger partial charge in [0.15, 0.2) is 19.7 Å². The highest BCUT2D eigenvalue weighted by atomic mass is 32.2. The number of allylic oxidation sites excluding steroid dienone is 2. The molecule has 1 fully saturated rings. The molecule has 0 spiro atoms. The molecule has 2 aromatic rings. The van der Waals surface area contributed by atoms with Gasteiger partial charge in [-0.05, 0) is 39.8 Å². The van der Waals surface area contributed by atoms with E-state index in [1.165, 1.54) is 13.8 Å². The van der Waals surface area contributed by atoms with Crippen molar-refractivity contribution in [1.82, 2.24) is 0 Å². The van der Waals surface area contributed by atoms with Gasteiger partial charge >= 0.3 is 17.8 Å². The van der Waals surface area contributed by atoms with E-state index < -0.39 is 88.8 Å². The molecular formula is C21H14F6O4S4. The van der Waals surface area contributed by atoms with Crippen LogP contribution in [-0.2, 0) is 19.7 Å². The predicted octanol–water partition coefficient (Wildman–Crippen LogP) is 5.66. The summed E-state index contributed by atoms with van der Waals surface area (Å²) in [4.78, 5) is -1.26. The number of aryl methyl sites for hydroxylation is 2. The number of rotatable bonds is 0. The molecule has 4 nitrogen and oxygen atoms in total. The molecule has 6 rings (SSSR count). The van der Waals surface area contributed by atoms with Crippen molar-refractivity contribution in [2.75, 3.05) is 0 Å². The normalized spacial score (nSPS) is 33.9. The minimum absolute atomic E-state index is 0.305. The summed E-state index contributed by atoms with van der Waals surface area (Å²) in [5.41, 5.74) is -5.55. The van der Waals surface area contributed by atoms with E-state index in [1.54, 1.807) is 0 Å². The number of halogens is 6. The fraction of sp³-hybridized carbons (Fsp3) is 0.429. The van der Waals surface area contributed by atoms with Gasteiger partial charge < -0.3 is 0 Å². The van der Waals surface area contributed by atoms with Gasteiger partial charge in [0.1, 0.15) is 9.49 Å². The van der Waals surface area contributed by atoms with Gasteiger partial charge in [0.2, 0.25) is 0 Å². The second-order valence-electron chi connectivity index (χ2n) is 9.40. The first kappa shape index (κ1) is 23.7. The summed E-state index contributed by atoms with van der Waals surface area (Å²) in [5.74, 6) is -16.9. The lowest BCUT2D eigenvalue weighted by atomic mass is 9.71. The summed E-state index contributed by atoms with van der Waals surface area (Å²) in [6.07, 6.45) is 0. The molecule has 35 heavy (non-hydrogen) atoms. The molecule has 2 unspecified atom stereocenters. The number of thiophene rings is 2. The summed E-state index contributed by atoms with van der Waals surface area (Å²) in [6, 6.07) is 2.25. The Kier molecular flexibility index (Phi) is 3.90. The van der Waals surface area contributed by atoms with E-state index in [1.807, 2.05) is 0 Å². The molecule has 4 aliphatic rings. The van der Waals surface area contributed by atoms with E-state index in [0.717, 1.165) is 26.0 Å². The van der Waals surface area contributed by atoms with Gasteiger partial charge in [-0.2, -0.15) is 26.3 Å². The molecule has 4 heterocycles. The van der Waals surface area contributed by atoms with Crippen LogP contribution in [0.15, 0.2) is 33.1 Å². The molecular weight excluding hydrogens is 558 g/mol. The monoisotopic (exact) mass is 572 g/mol. The Balaban J connectivity index is 1.97. The molecule has 0 amide bonds. The molecule has 0 aromatic carbocycles. The Morgan fingerprint density at radius 3 is 1.26 bits per heavy atom.